The van der Waals surface area contributed by atoms with E-state index < -0.39 is 11.9 Å². The number of hydrogen-bond donors (Lipinski definition) is 1. The summed E-state index contributed by atoms with van der Waals surface area (Å²) in [7, 11) is 1.53. The van der Waals surface area contributed by atoms with Gasteiger partial charge in [-0.15, -0.1) is 11.3 Å². The Morgan fingerprint density at radius 3 is 2.76 bits per heavy atom. The summed E-state index contributed by atoms with van der Waals surface area (Å²) in [4.78, 5) is 54.4. The maximum atomic E-state index is 13.5. The molecular weight excluding hydrogens is 490 g/mol. The third-order valence-corrected chi connectivity index (χ3v) is 7.01. The van der Waals surface area contributed by atoms with E-state index >= 15 is 0 Å². The van der Waals surface area contributed by atoms with E-state index in [9.17, 15) is 14.4 Å². The first-order chi connectivity index (χ1) is 18.0. The molecule has 1 aliphatic heterocycles. The van der Waals surface area contributed by atoms with Gasteiger partial charge in [0.1, 0.15) is 17.3 Å². The topological polar surface area (TPSA) is 114 Å². The summed E-state index contributed by atoms with van der Waals surface area (Å²) in [5.74, 6) is 0.255. The molecule has 5 rings (SSSR count). The fraction of sp³-hybridized carbons (Fsp3) is 0.185. The molecule has 0 radical (unpaired) electrons. The number of aromatic nitrogens is 3. The zero-order valence-electron chi connectivity index (χ0n) is 20.0. The first-order valence-electron chi connectivity index (χ1n) is 11.6. The lowest BCUT2D eigenvalue weighted by Gasteiger charge is -2.29. The molecule has 0 saturated heterocycles. The van der Waals surface area contributed by atoms with E-state index in [0.717, 1.165) is 11.3 Å². The highest BCUT2D eigenvalue weighted by Crippen LogP contribution is 2.28. The molecule has 0 aliphatic carbocycles. The molecule has 5 heterocycles. The lowest BCUT2D eigenvalue weighted by Crippen LogP contribution is -2.44. The van der Waals surface area contributed by atoms with Gasteiger partial charge in [-0.3, -0.25) is 24.4 Å². The minimum absolute atomic E-state index is 0.0362. The van der Waals surface area contributed by atoms with Crippen molar-refractivity contribution in [2.24, 2.45) is 0 Å². The minimum atomic E-state index is -0.663. The molecule has 4 aromatic rings. The Labute approximate surface area is 217 Å². The van der Waals surface area contributed by atoms with Crippen molar-refractivity contribution in [3.63, 3.8) is 0 Å². The first-order valence-corrected chi connectivity index (χ1v) is 12.5. The van der Waals surface area contributed by atoms with E-state index in [-0.39, 0.29) is 30.3 Å². The largest absolute Gasteiger partial charge is 0.497 e. The third-order valence-electron chi connectivity index (χ3n) is 6.06. The lowest BCUT2D eigenvalue weighted by atomic mass is 10.0. The van der Waals surface area contributed by atoms with Crippen molar-refractivity contribution < 1.29 is 19.1 Å². The van der Waals surface area contributed by atoms with E-state index in [1.165, 1.54) is 24.6 Å². The van der Waals surface area contributed by atoms with Crippen LogP contribution in [-0.2, 0) is 24.2 Å². The highest BCUT2D eigenvalue weighted by atomic mass is 32.1. The van der Waals surface area contributed by atoms with E-state index in [1.807, 2.05) is 29.6 Å². The van der Waals surface area contributed by atoms with Gasteiger partial charge in [-0.25, -0.2) is 4.98 Å². The van der Waals surface area contributed by atoms with Crippen LogP contribution in [0.5, 0.6) is 5.75 Å². The highest BCUT2D eigenvalue weighted by Gasteiger charge is 2.36. The van der Waals surface area contributed by atoms with Gasteiger partial charge in [0.05, 0.1) is 18.0 Å². The van der Waals surface area contributed by atoms with Crippen molar-refractivity contribution in [1.29, 1.82) is 0 Å². The van der Waals surface area contributed by atoms with Crippen molar-refractivity contribution in [2.75, 3.05) is 12.4 Å². The molecule has 1 unspecified atom stereocenters. The summed E-state index contributed by atoms with van der Waals surface area (Å²) in [6.45, 7) is 0.172. The van der Waals surface area contributed by atoms with Crippen molar-refractivity contribution in [2.45, 2.75) is 25.4 Å². The number of methoxy groups -OCH3 is 1. The Hall–Kier alpha value is -4.44. The summed E-state index contributed by atoms with van der Waals surface area (Å²) >= 11 is 1.34. The van der Waals surface area contributed by atoms with Crippen molar-refractivity contribution in [3.05, 3.63) is 99.9 Å². The van der Waals surface area contributed by atoms with Crippen LogP contribution < -0.4 is 10.1 Å². The number of thiophene rings is 1. The number of amides is 2. The number of pyridine rings is 3. The van der Waals surface area contributed by atoms with Crippen molar-refractivity contribution in [1.82, 2.24) is 19.9 Å². The lowest BCUT2D eigenvalue weighted by molar-refractivity contribution is -0.122. The van der Waals surface area contributed by atoms with Crippen molar-refractivity contribution >= 4 is 34.8 Å². The zero-order valence-corrected chi connectivity index (χ0v) is 20.8. The first kappa shape index (κ1) is 24.3. The quantitative estimate of drug-likeness (QED) is 0.402. The van der Waals surface area contributed by atoms with Gasteiger partial charge in [0.25, 0.3) is 11.8 Å². The van der Waals surface area contributed by atoms with E-state index in [2.05, 4.69) is 20.3 Å². The van der Waals surface area contributed by atoms with Gasteiger partial charge in [0.2, 0.25) is 0 Å². The Bertz CT molecular complexity index is 1440. The number of ketones is 1. The predicted molar refractivity (Wildman–Crippen MR) is 138 cm³/mol. The molecule has 2 amide bonds. The maximum Gasteiger partial charge on any atom is 0.275 e. The standard InChI is InChI=1S/C27H23N5O4S/c1-36-20-7-10-29-24(14-20)31-26(34)21-6-5-17(15-30-21)16-32-22(13-19-4-2-3-9-28-19)23(33)12-18-8-11-37-25(18)27(32)35/h2-11,14-15,22H,12-13,16H2,1H3,(H,29,31,34). The van der Waals surface area contributed by atoms with Gasteiger partial charge in [-0.2, -0.15) is 0 Å². The molecule has 37 heavy (non-hydrogen) atoms. The molecule has 9 nitrogen and oxygen atoms in total. The van der Waals surface area contributed by atoms with Crippen LogP contribution in [0.4, 0.5) is 5.82 Å². The van der Waals surface area contributed by atoms with Gasteiger partial charge in [0, 0.05) is 49.7 Å². The third kappa shape index (κ3) is 5.39. The molecule has 0 aromatic carbocycles. The fourth-order valence-electron chi connectivity index (χ4n) is 4.17. The summed E-state index contributed by atoms with van der Waals surface area (Å²) in [6, 6.07) is 13.3. The second-order valence-electron chi connectivity index (χ2n) is 8.48. The molecular formula is C27H23N5O4S. The van der Waals surface area contributed by atoms with Gasteiger partial charge in [-0.1, -0.05) is 12.1 Å². The number of rotatable bonds is 7. The number of carbonyl (C=O) groups is 3. The Balaban J connectivity index is 1.37. The second-order valence-corrected chi connectivity index (χ2v) is 9.39. The van der Waals surface area contributed by atoms with Crippen LogP contribution in [0.2, 0.25) is 0 Å². The molecule has 1 aliphatic rings. The minimum Gasteiger partial charge on any atom is -0.497 e. The van der Waals surface area contributed by atoms with E-state index in [4.69, 9.17) is 4.74 Å². The van der Waals surface area contributed by atoms with Gasteiger partial charge < -0.3 is 15.0 Å². The molecule has 0 fully saturated rings. The van der Waals surface area contributed by atoms with Crippen LogP contribution in [0.3, 0.4) is 0 Å². The summed E-state index contributed by atoms with van der Waals surface area (Å²) in [6.07, 6.45) is 5.28. The maximum absolute atomic E-state index is 13.5. The second kappa shape index (κ2) is 10.7. The monoisotopic (exact) mass is 513 g/mol. The number of hydrogen-bond acceptors (Lipinski definition) is 8. The van der Waals surface area contributed by atoms with E-state index in [1.54, 1.807) is 41.6 Å². The van der Waals surface area contributed by atoms with Crippen LogP contribution in [0.1, 0.15) is 37.0 Å². The SMILES string of the molecule is COc1ccnc(NC(=O)c2ccc(CN3C(=O)c4sccc4CC(=O)C3Cc3ccccn3)cn2)c1. The molecule has 186 valence electrons. The van der Waals surface area contributed by atoms with Crippen molar-refractivity contribution in [3.8, 4) is 5.75 Å². The predicted octanol–water partition coefficient (Wildman–Crippen LogP) is 3.57. The number of carbonyl (C=O) groups excluding carboxylic acids is 3. The number of ether oxygens (including phenoxy) is 1. The van der Waals surface area contributed by atoms with Gasteiger partial charge in [-0.05, 0) is 46.8 Å². The number of nitrogens with one attached hydrogen (secondary N) is 1. The molecule has 1 atom stereocenters. The fourth-order valence-corrected chi connectivity index (χ4v) is 5.05. The number of Topliss-reactive ketones (excluding diaryl/α,β-unsaturated/α-hetero) is 1. The van der Waals surface area contributed by atoms with Gasteiger partial charge >= 0.3 is 0 Å². The normalized spacial score (nSPS) is 15.2. The zero-order chi connectivity index (χ0) is 25.8. The number of nitrogens with zero attached hydrogens (tertiary/aromatic N) is 4. The molecule has 0 saturated carbocycles. The van der Waals surface area contributed by atoms with Gasteiger partial charge in [0.15, 0.2) is 5.78 Å². The number of fused-ring (bicyclic) bond motifs is 1. The van der Waals surface area contributed by atoms with Crippen LogP contribution in [0.25, 0.3) is 0 Å². The molecule has 4 aromatic heterocycles. The average molecular weight is 514 g/mol. The Morgan fingerprint density at radius 1 is 1.11 bits per heavy atom. The average Bonchev–Trinajstić information content (AvgIpc) is 3.36. The van der Waals surface area contributed by atoms with Crippen LogP contribution in [0.15, 0.2) is 72.5 Å². The smallest absolute Gasteiger partial charge is 0.275 e. The van der Waals surface area contributed by atoms with E-state index in [0.29, 0.717) is 28.4 Å². The van der Waals surface area contributed by atoms with Crippen LogP contribution >= 0.6 is 11.3 Å². The van der Waals surface area contributed by atoms with Crippen LogP contribution in [0, 0.1) is 0 Å². The summed E-state index contributed by atoms with van der Waals surface area (Å²) in [5, 5.41) is 4.52. The summed E-state index contributed by atoms with van der Waals surface area (Å²) in [5.41, 5.74) is 2.38. The Morgan fingerprint density at radius 2 is 2.00 bits per heavy atom. The van der Waals surface area contributed by atoms with Crippen LogP contribution in [-0.4, -0.2) is 50.6 Å². The summed E-state index contributed by atoms with van der Waals surface area (Å²) < 4.78 is 5.15. The molecule has 10 heteroatoms. The Kier molecular flexibility index (Phi) is 7.00. The number of anilines is 1. The molecule has 1 N–H and O–H groups in total. The molecule has 0 spiro atoms. The highest BCUT2D eigenvalue weighted by molar-refractivity contribution is 7.12. The molecule has 0 bridgehead atoms.